The van der Waals surface area contributed by atoms with Crippen LogP contribution in [0.4, 0.5) is 0 Å². The van der Waals surface area contributed by atoms with Crippen molar-refractivity contribution in [2.75, 3.05) is 38.4 Å². The third-order valence-electron chi connectivity index (χ3n) is 6.52. The van der Waals surface area contributed by atoms with Gasteiger partial charge in [0.1, 0.15) is 27.9 Å². The van der Waals surface area contributed by atoms with Crippen LogP contribution in [0, 0.1) is 0 Å². The topological polar surface area (TPSA) is 88.1 Å². The van der Waals surface area contributed by atoms with E-state index in [9.17, 15) is 13.2 Å². The standard InChI is InChI=1S/C30H33ClO7S/c1-3-36-29(32)18-30(20-35-21-30)24-8-10-25(11-9-24)38-19-22-6-4-7-23(16-22)27-13-12-26(17-28(27)31)37-14-5-15-39(2,33)34/h4,6-13,16-17H,3,5,14-15,18-21H2,1-2H3. The van der Waals surface area contributed by atoms with Gasteiger partial charge in [0.15, 0.2) is 0 Å². The van der Waals surface area contributed by atoms with E-state index >= 15 is 0 Å². The van der Waals surface area contributed by atoms with Gasteiger partial charge in [0.25, 0.3) is 0 Å². The van der Waals surface area contributed by atoms with E-state index in [0.717, 1.165) is 28.0 Å². The Hall–Kier alpha value is -3.07. The molecule has 0 radical (unpaired) electrons. The number of ether oxygens (including phenoxy) is 4. The molecule has 1 heterocycles. The molecule has 1 fully saturated rings. The van der Waals surface area contributed by atoms with E-state index in [-0.39, 0.29) is 17.1 Å². The third-order valence-corrected chi connectivity index (χ3v) is 7.87. The average Bonchev–Trinajstić information content (AvgIpc) is 2.88. The number of hydrogen-bond donors (Lipinski definition) is 0. The molecule has 208 valence electrons. The fraction of sp³-hybridized carbons (Fsp3) is 0.367. The molecule has 1 aliphatic heterocycles. The van der Waals surface area contributed by atoms with E-state index < -0.39 is 9.84 Å². The molecule has 1 saturated heterocycles. The van der Waals surface area contributed by atoms with Crippen molar-refractivity contribution in [1.29, 1.82) is 0 Å². The lowest BCUT2D eigenvalue weighted by Gasteiger charge is -2.41. The van der Waals surface area contributed by atoms with Crippen LogP contribution in [0.25, 0.3) is 11.1 Å². The van der Waals surface area contributed by atoms with Gasteiger partial charge in [0.2, 0.25) is 0 Å². The van der Waals surface area contributed by atoms with Crippen molar-refractivity contribution >= 4 is 27.4 Å². The second-order valence-electron chi connectivity index (χ2n) is 9.74. The molecule has 1 aliphatic rings. The second kappa shape index (κ2) is 12.9. The molecule has 3 aromatic rings. The van der Waals surface area contributed by atoms with Gasteiger partial charge in [-0.05, 0) is 66.4 Å². The minimum absolute atomic E-state index is 0.0864. The summed E-state index contributed by atoms with van der Waals surface area (Å²) in [6.07, 6.45) is 1.93. The summed E-state index contributed by atoms with van der Waals surface area (Å²) in [5.41, 5.74) is 3.50. The number of sulfone groups is 1. The summed E-state index contributed by atoms with van der Waals surface area (Å²) in [7, 11) is -3.01. The van der Waals surface area contributed by atoms with Gasteiger partial charge in [-0.1, -0.05) is 41.9 Å². The summed E-state index contributed by atoms with van der Waals surface area (Å²) >= 11 is 6.55. The van der Waals surface area contributed by atoms with Crippen LogP contribution in [0.15, 0.2) is 66.7 Å². The first-order valence-corrected chi connectivity index (χ1v) is 15.3. The number of halogens is 1. The van der Waals surface area contributed by atoms with Crippen LogP contribution in [0.1, 0.15) is 30.9 Å². The quantitative estimate of drug-likeness (QED) is 0.194. The fourth-order valence-corrected chi connectivity index (χ4v) is 5.36. The molecule has 0 N–H and O–H groups in total. The van der Waals surface area contributed by atoms with Crippen molar-refractivity contribution < 1.29 is 32.2 Å². The van der Waals surface area contributed by atoms with Crippen molar-refractivity contribution in [1.82, 2.24) is 0 Å². The van der Waals surface area contributed by atoms with Gasteiger partial charge >= 0.3 is 5.97 Å². The lowest BCUT2D eigenvalue weighted by molar-refractivity contribution is -0.151. The highest BCUT2D eigenvalue weighted by molar-refractivity contribution is 7.90. The van der Waals surface area contributed by atoms with Crippen molar-refractivity contribution in [2.45, 2.75) is 31.8 Å². The van der Waals surface area contributed by atoms with Crippen LogP contribution in [0.3, 0.4) is 0 Å². The number of rotatable bonds is 13. The lowest BCUT2D eigenvalue weighted by Crippen LogP contribution is -2.48. The molecule has 39 heavy (non-hydrogen) atoms. The predicted molar refractivity (Wildman–Crippen MR) is 151 cm³/mol. The van der Waals surface area contributed by atoms with Gasteiger partial charge in [0, 0.05) is 11.8 Å². The highest BCUT2D eigenvalue weighted by Crippen LogP contribution is 2.37. The Labute approximate surface area is 234 Å². The zero-order chi connectivity index (χ0) is 27.9. The maximum absolute atomic E-state index is 12.1. The van der Waals surface area contributed by atoms with Gasteiger partial charge in [-0.15, -0.1) is 0 Å². The molecule has 0 unspecified atom stereocenters. The van der Waals surface area contributed by atoms with Crippen LogP contribution < -0.4 is 9.47 Å². The molecule has 0 aliphatic carbocycles. The van der Waals surface area contributed by atoms with E-state index in [0.29, 0.717) is 56.6 Å². The summed E-state index contributed by atoms with van der Waals surface area (Å²) in [6, 6.07) is 21.2. The monoisotopic (exact) mass is 572 g/mol. The fourth-order valence-electron chi connectivity index (χ4n) is 4.44. The molecule has 3 aromatic carbocycles. The highest BCUT2D eigenvalue weighted by atomic mass is 35.5. The first-order chi connectivity index (χ1) is 18.7. The number of hydrogen-bond acceptors (Lipinski definition) is 7. The summed E-state index contributed by atoms with van der Waals surface area (Å²) in [6.45, 7) is 3.85. The van der Waals surface area contributed by atoms with E-state index in [1.807, 2.05) is 60.7 Å². The number of carbonyl (C=O) groups excluding carboxylic acids is 1. The minimum Gasteiger partial charge on any atom is -0.494 e. The molecule has 0 spiro atoms. The van der Waals surface area contributed by atoms with Crippen LogP contribution >= 0.6 is 11.6 Å². The molecule has 7 nitrogen and oxygen atoms in total. The zero-order valence-corrected chi connectivity index (χ0v) is 23.7. The number of esters is 1. The van der Waals surface area contributed by atoms with Gasteiger partial charge in [0.05, 0.1) is 49.0 Å². The van der Waals surface area contributed by atoms with Crippen molar-refractivity contribution in [3.8, 4) is 22.6 Å². The normalized spacial score (nSPS) is 14.3. The first kappa shape index (κ1) is 28.9. The molecular weight excluding hydrogens is 540 g/mol. The van der Waals surface area contributed by atoms with Crippen LogP contribution in [-0.4, -0.2) is 52.8 Å². The molecule has 0 aromatic heterocycles. The van der Waals surface area contributed by atoms with Gasteiger partial charge in [-0.25, -0.2) is 8.42 Å². The maximum atomic E-state index is 12.1. The summed E-state index contributed by atoms with van der Waals surface area (Å²) in [5.74, 6) is 1.19. The van der Waals surface area contributed by atoms with E-state index in [1.54, 1.807) is 13.0 Å². The Morgan fingerprint density at radius 2 is 1.74 bits per heavy atom. The number of benzene rings is 3. The highest BCUT2D eigenvalue weighted by Gasteiger charge is 2.42. The molecule has 0 saturated carbocycles. The van der Waals surface area contributed by atoms with Crippen LogP contribution in [0.2, 0.25) is 5.02 Å². The molecule has 0 amide bonds. The maximum Gasteiger partial charge on any atom is 0.306 e. The average molecular weight is 573 g/mol. The van der Waals surface area contributed by atoms with Crippen LogP contribution in [-0.2, 0) is 36.1 Å². The lowest BCUT2D eigenvalue weighted by atomic mass is 9.76. The van der Waals surface area contributed by atoms with Gasteiger partial charge in [-0.2, -0.15) is 0 Å². The number of carbonyl (C=O) groups is 1. The third kappa shape index (κ3) is 7.97. The van der Waals surface area contributed by atoms with Crippen molar-refractivity contribution in [3.05, 3.63) is 82.9 Å². The Balaban J connectivity index is 1.35. The predicted octanol–water partition coefficient (Wildman–Crippen LogP) is 5.62. The molecule has 4 rings (SSSR count). The van der Waals surface area contributed by atoms with E-state index in [2.05, 4.69) is 0 Å². The molecule has 0 bridgehead atoms. The second-order valence-corrected chi connectivity index (χ2v) is 12.4. The summed E-state index contributed by atoms with van der Waals surface area (Å²) in [5, 5.41) is 0.543. The summed E-state index contributed by atoms with van der Waals surface area (Å²) < 4.78 is 44.8. The Kier molecular flexibility index (Phi) is 9.53. The zero-order valence-electron chi connectivity index (χ0n) is 22.2. The van der Waals surface area contributed by atoms with E-state index in [1.165, 1.54) is 6.26 Å². The van der Waals surface area contributed by atoms with Crippen LogP contribution in [0.5, 0.6) is 11.5 Å². The van der Waals surface area contributed by atoms with E-state index in [4.69, 9.17) is 30.5 Å². The largest absolute Gasteiger partial charge is 0.494 e. The molecular formula is C30H33ClO7S. The smallest absolute Gasteiger partial charge is 0.306 e. The van der Waals surface area contributed by atoms with Gasteiger partial charge < -0.3 is 18.9 Å². The summed E-state index contributed by atoms with van der Waals surface area (Å²) in [4.78, 5) is 12.1. The molecule has 9 heteroatoms. The SMILES string of the molecule is CCOC(=O)CC1(c2ccc(OCc3cccc(-c4ccc(OCCCS(C)(=O)=O)cc4Cl)c3)cc2)COC1. The minimum atomic E-state index is -3.01. The molecule has 0 atom stereocenters. The van der Waals surface area contributed by atoms with Gasteiger partial charge in [-0.3, -0.25) is 4.79 Å². The Morgan fingerprint density at radius 1 is 1.00 bits per heavy atom. The Morgan fingerprint density at radius 3 is 2.38 bits per heavy atom. The first-order valence-electron chi connectivity index (χ1n) is 12.8. The Bertz CT molecular complexity index is 1380. The van der Waals surface area contributed by atoms with Crippen molar-refractivity contribution in [2.24, 2.45) is 0 Å². The van der Waals surface area contributed by atoms with Crippen molar-refractivity contribution in [3.63, 3.8) is 0 Å².